The maximum absolute atomic E-state index is 13.4. The molecular formula is C36H35N3O6S. The molecular weight excluding hydrogens is 602 g/mol. The molecule has 1 aromatic heterocycles. The molecule has 236 valence electrons. The number of carbonyl (C=O) groups excluding carboxylic acids is 3. The van der Waals surface area contributed by atoms with Gasteiger partial charge in [-0.1, -0.05) is 79.2 Å². The number of anilines is 1. The number of hydrogen-bond donors (Lipinski definition) is 2. The van der Waals surface area contributed by atoms with Crippen molar-refractivity contribution in [2.24, 2.45) is 5.73 Å². The molecule has 0 saturated carbocycles. The minimum Gasteiger partial charge on any atom is -0.455 e. The molecule has 0 saturated heterocycles. The Bertz CT molecular complexity index is 2050. The first-order valence-electron chi connectivity index (χ1n) is 14.9. The number of carbonyl (C=O) groups is 3. The van der Waals surface area contributed by atoms with Crippen molar-refractivity contribution in [2.75, 3.05) is 17.1 Å². The molecule has 2 amide bonds. The lowest BCUT2D eigenvalue weighted by molar-refractivity contribution is -0.120. The first kappa shape index (κ1) is 32.2. The summed E-state index contributed by atoms with van der Waals surface area (Å²) in [6, 6.07) is 25.2. The summed E-state index contributed by atoms with van der Waals surface area (Å²) in [5.41, 5.74) is 10.2. The minimum absolute atomic E-state index is 0.126. The van der Waals surface area contributed by atoms with Crippen LogP contribution in [0.4, 0.5) is 5.69 Å². The van der Waals surface area contributed by atoms with Crippen LogP contribution in [-0.4, -0.2) is 38.8 Å². The number of sulfonamides is 1. The Kier molecular flexibility index (Phi) is 9.11. The predicted octanol–water partition coefficient (Wildman–Crippen LogP) is 6.41. The Labute approximate surface area is 268 Å². The van der Waals surface area contributed by atoms with E-state index < -0.39 is 27.9 Å². The molecule has 46 heavy (non-hydrogen) atoms. The zero-order chi connectivity index (χ0) is 33.2. The molecule has 3 N–H and O–H groups in total. The number of aryl methyl sites for hydroxylation is 1. The van der Waals surface area contributed by atoms with Crippen LogP contribution in [0.5, 0.6) is 0 Å². The van der Waals surface area contributed by atoms with Crippen LogP contribution < -0.4 is 15.4 Å². The van der Waals surface area contributed by atoms with Gasteiger partial charge in [-0.15, -0.1) is 0 Å². The second-order valence-electron chi connectivity index (χ2n) is 11.0. The van der Waals surface area contributed by atoms with E-state index in [9.17, 15) is 22.8 Å². The Morgan fingerprint density at radius 2 is 1.59 bits per heavy atom. The van der Waals surface area contributed by atoms with Crippen molar-refractivity contribution in [2.45, 2.75) is 33.2 Å². The topological polar surface area (TPSA) is 140 Å². The number of hydrogen-bond acceptors (Lipinski definition) is 6. The van der Waals surface area contributed by atoms with E-state index in [2.05, 4.69) is 5.32 Å². The fourth-order valence-electron chi connectivity index (χ4n) is 5.52. The van der Waals surface area contributed by atoms with Crippen molar-refractivity contribution >= 4 is 44.3 Å². The number of amides is 2. The van der Waals surface area contributed by atoms with Crippen molar-refractivity contribution in [1.82, 2.24) is 5.32 Å². The average Bonchev–Trinajstić information content (AvgIpc) is 3.41. The molecule has 10 heteroatoms. The van der Waals surface area contributed by atoms with Crippen LogP contribution in [0, 0.1) is 6.92 Å². The van der Waals surface area contributed by atoms with Gasteiger partial charge in [-0.05, 0) is 43.2 Å². The number of fused-ring (bicyclic) bond motifs is 1. The van der Waals surface area contributed by atoms with E-state index in [1.54, 1.807) is 80.6 Å². The quantitative estimate of drug-likeness (QED) is 0.160. The molecule has 0 fully saturated rings. The summed E-state index contributed by atoms with van der Waals surface area (Å²) in [6.07, 6.45) is 1.35. The molecule has 9 nitrogen and oxygen atoms in total. The predicted molar refractivity (Wildman–Crippen MR) is 180 cm³/mol. The lowest BCUT2D eigenvalue weighted by Crippen LogP contribution is -2.37. The van der Waals surface area contributed by atoms with Gasteiger partial charge in [0.25, 0.3) is 5.91 Å². The second kappa shape index (κ2) is 13.0. The summed E-state index contributed by atoms with van der Waals surface area (Å²) in [6.45, 7) is 5.59. The van der Waals surface area contributed by atoms with Crippen LogP contribution in [0.25, 0.3) is 33.4 Å². The number of furan rings is 1. The third kappa shape index (κ3) is 6.43. The Morgan fingerprint density at radius 3 is 2.20 bits per heavy atom. The van der Waals surface area contributed by atoms with Crippen molar-refractivity contribution in [3.8, 4) is 22.5 Å². The largest absolute Gasteiger partial charge is 0.455 e. The lowest BCUT2D eigenvalue weighted by Gasteiger charge is -2.24. The molecule has 5 rings (SSSR count). The molecule has 4 aromatic carbocycles. The monoisotopic (exact) mass is 637 g/mol. The first-order chi connectivity index (χ1) is 21.9. The first-order valence-corrected chi connectivity index (χ1v) is 16.7. The van der Waals surface area contributed by atoms with Crippen molar-refractivity contribution in [3.63, 3.8) is 0 Å². The van der Waals surface area contributed by atoms with Gasteiger partial charge in [-0.25, -0.2) is 8.42 Å². The van der Waals surface area contributed by atoms with Gasteiger partial charge in [0.05, 0.1) is 17.5 Å². The highest BCUT2D eigenvalue weighted by Gasteiger charge is 2.27. The van der Waals surface area contributed by atoms with E-state index in [-0.39, 0.29) is 24.3 Å². The summed E-state index contributed by atoms with van der Waals surface area (Å²) < 4.78 is 33.5. The Morgan fingerprint density at radius 1 is 0.891 bits per heavy atom. The molecule has 1 atom stereocenters. The summed E-state index contributed by atoms with van der Waals surface area (Å²) in [7, 11) is -3.74. The van der Waals surface area contributed by atoms with Crippen molar-refractivity contribution in [3.05, 3.63) is 113 Å². The molecule has 1 unspecified atom stereocenters. The van der Waals surface area contributed by atoms with Gasteiger partial charge in [0, 0.05) is 41.1 Å². The lowest BCUT2D eigenvalue weighted by atomic mass is 9.95. The van der Waals surface area contributed by atoms with Crippen LogP contribution in [0.1, 0.15) is 58.2 Å². The molecule has 0 spiro atoms. The van der Waals surface area contributed by atoms with E-state index >= 15 is 0 Å². The number of nitrogens with two attached hydrogens (primary N) is 1. The zero-order valence-electron chi connectivity index (χ0n) is 26.0. The van der Waals surface area contributed by atoms with Crippen LogP contribution in [0.2, 0.25) is 0 Å². The van der Waals surface area contributed by atoms with E-state index in [1.165, 1.54) is 4.31 Å². The van der Waals surface area contributed by atoms with Gasteiger partial charge in [0.15, 0.2) is 5.78 Å². The van der Waals surface area contributed by atoms with Gasteiger partial charge < -0.3 is 15.5 Å². The SMILES string of the molecule is CCC(=O)c1c(-c2ccc(C)cc2)oc2cc(N(CC)S(C)(=O)=O)c(-c3cccc(C(=O)NC(C(N)=O)c4ccccc4)c3)cc12. The van der Waals surface area contributed by atoms with Crippen LogP contribution in [0.15, 0.2) is 95.4 Å². The standard InChI is InChI=1S/C36H35N3O6S/c1-5-30(40)32-28-20-27(25-13-10-14-26(19-25)36(42)38-33(35(37)41)23-11-8-7-9-12-23)29(39(6-2)46(4,43)44)21-31(28)45-34(32)24-17-15-22(3)16-18-24/h7-21,33H,5-6H2,1-4H3,(H2,37,41)(H,38,42). The maximum atomic E-state index is 13.4. The van der Waals surface area contributed by atoms with E-state index in [4.69, 9.17) is 10.2 Å². The number of rotatable bonds is 11. The highest BCUT2D eigenvalue weighted by molar-refractivity contribution is 7.92. The van der Waals surface area contributed by atoms with Crippen LogP contribution in [0.3, 0.4) is 0 Å². The number of ketones is 1. The number of Topliss-reactive ketones (excluding diaryl/α,β-unsaturated/α-hetero) is 1. The summed E-state index contributed by atoms with van der Waals surface area (Å²) in [5, 5.41) is 3.23. The fourth-order valence-corrected chi connectivity index (χ4v) is 6.50. The highest BCUT2D eigenvalue weighted by atomic mass is 32.2. The highest BCUT2D eigenvalue weighted by Crippen LogP contribution is 2.42. The fraction of sp³-hybridized carbons (Fsp3) is 0.194. The smallest absolute Gasteiger partial charge is 0.252 e. The minimum atomic E-state index is -3.74. The van der Waals surface area contributed by atoms with Gasteiger partial charge in [0.2, 0.25) is 15.9 Å². The third-order valence-electron chi connectivity index (χ3n) is 7.80. The third-order valence-corrected chi connectivity index (χ3v) is 9.06. The van der Waals surface area contributed by atoms with Crippen molar-refractivity contribution < 1.29 is 27.2 Å². The number of primary amides is 1. The summed E-state index contributed by atoms with van der Waals surface area (Å²) >= 11 is 0. The van der Waals surface area contributed by atoms with Gasteiger partial charge >= 0.3 is 0 Å². The van der Waals surface area contributed by atoms with Crippen LogP contribution >= 0.6 is 0 Å². The molecule has 5 aromatic rings. The van der Waals surface area contributed by atoms with Gasteiger partial charge in [-0.3, -0.25) is 18.7 Å². The molecule has 0 radical (unpaired) electrons. The zero-order valence-corrected chi connectivity index (χ0v) is 26.9. The normalized spacial score (nSPS) is 12.1. The van der Waals surface area contributed by atoms with E-state index in [1.807, 2.05) is 31.2 Å². The number of nitrogens with one attached hydrogen (secondary N) is 1. The second-order valence-corrected chi connectivity index (χ2v) is 12.9. The van der Waals surface area contributed by atoms with E-state index in [0.717, 1.165) is 17.4 Å². The van der Waals surface area contributed by atoms with Gasteiger partial charge in [-0.2, -0.15) is 0 Å². The molecule has 0 bridgehead atoms. The van der Waals surface area contributed by atoms with Crippen LogP contribution in [-0.2, 0) is 14.8 Å². The Hall–Kier alpha value is -5.22. The van der Waals surface area contributed by atoms with E-state index in [0.29, 0.717) is 44.7 Å². The summed E-state index contributed by atoms with van der Waals surface area (Å²) in [5.74, 6) is -0.985. The van der Waals surface area contributed by atoms with Gasteiger partial charge in [0.1, 0.15) is 17.4 Å². The number of nitrogens with zero attached hydrogens (tertiary/aromatic N) is 1. The van der Waals surface area contributed by atoms with Crippen molar-refractivity contribution in [1.29, 1.82) is 0 Å². The molecule has 0 aliphatic heterocycles. The maximum Gasteiger partial charge on any atom is 0.252 e. The summed E-state index contributed by atoms with van der Waals surface area (Å²) in [4.78, 5) is 39.1. The average molecular weight is 638 g/mol. The molecule has 0 aliphatic rings. The number of benzene rings is 4. The Balaban J connectivity index is 1.70. The molecule has 0 aliphatic carbocycles. The molecule has 1 heterocycles.